The van der Waals surface area contributed by atoms with Gasteiger partial charge in [0.2, 0.25) is 11.8 Å². The molecule has 1 aromatic heterocycles. The van der Waals surface area contributed by atoms with Gasteiger partial charge in [-0.3, -0.25) is 9.59 Å². The molecule has 2 amide bonds. The van der Waals surface area contributed by atoms with Gasteiger partial charge in [0.25, 0.3) is 5.91 Å². The molecule has 1 aromatic rings. The summed E-state index contributed by atoms with van der Waals surface area (Å²) >= 11 is 0. The Kier molecular flexibility index (Phi) is 5.70. The third-order valence-corrected chi connectivity index (χ3v) is 2.32. The highest BCUT2D eigenvalue weighted by Gasteiger charge is 2.20. The fraction of sp³-hybridized carbons (Fsp3) is 0.500. The van der Waals surface area contributed by atoms with Crippen molar-refractivity contribution < 1.29 is 23.6 Å². The van der Waals surface area contributed by atoms with Crippen LogP contribution in [0.25, 0.3) is 0 Å². The standard InChI is InChI=1S/C12H18N4O5/c1-6(2)15-8(17)4-14-9(18)5-20-12(19)10-7(3)16-21-11(10)13/h6H,4-5,13H2,1-3H3,(H,14,18)(H,15,17). The Morgan fingerprint density at radius 2 is 2.00 bits per heavy atom. The van der Waals surface area contributed by atoms with Crippen LogP contribution in [0, 0.1) is 6.92 Å². The van der Waals surface area contributed by atoms with Crippen molar-refractivity contribution in [1.29, 1.82) is 0 Å². The summed E-state index contributed by atoms with van der Waals surface area (Å²) in [5.41, 5.74) is 5.67. The molecule has 0 spiro atoms. The molecule has 0 aliphatic carbocycles. The number of aromatic nitrogens is 1. The summed E-state index contributed by atoms with van der Waals surface area (Å²) in [7, 11) is 0. The van der Waals surface area contributed by atoms with Crippen molar-refractivity contribution in [2.75, 3.05) is 18.9 Å². The topological polar surface area (TPSA) is 137 Å². The van der Waals surface area contributed by atoms with E-state index >= 15 is 0 Å². The van der Waals surface area contributed by atoms with Crippen molar-refractivity contribution in [2.24, 2.45) is 0 Å². The molecule has 0 saturated carbocycles. The van der Waals surface area contributed by atoms with E-state index in [0.717, 1.165) is 0 Å². The van der Waals surface area contributed by atoms with E-state index in [1.807, 2.05) is 0 Å². The van der Waals surface area contributed by atoms with Crippen molar-refractivity contribution in [3.05, 3.63) is 11.3 Å². The molecule has 21 heavy (non-hydrogen) atoms. The van der Waals surface area contributed by atoms with Crippen LogP contribution in [0.2, 0.25) is 0 Å². The molecule has 0 saturated heterocycles. The molecule has 1 heterocycles. The predicted octanol–water partition coefficient (Wildman–Crippen LogP) is -0.637. The molecule has 4 N–H and O–H groups in total. The Labute approximate surface area is 121 Å². The maximum Gasteiger partial charge on any atom is 0.346 e. The van der Waals surface area contributed by atoms with E-state index in [0.29, 0.717) is 0 Å². The monoisotopic (exact) mass is 298 g/mol. The zero-order valence-electron chi connectivity index (χ0n) is 12.1. The molecule has 0 unspecified atom stereocenters. The van der Waals surface area contributed by atoms with Crippen LogP contribution in [-0.2, 0) is 14.3 Å². The molecule has 9 nitrogen and oxygen atoms in total. The lowest BCUT2D eigenvalue weighted by atomic mass is 10.2. The molecule has 0 aliphatic rings. The first-order valence-electron chi connectivity index (χ1n) is 6.26. The molecule has 1 rings (SSSR count). The predicted molar refractivity (Wildman–Crippen MR) is 72.2 cm³/mol. The first-order valence-corrected chi connectivity index (χ1v) is 6.26. The molecule has 0 aromatic carbocycles. The van der Waals surface area contributed by atoms with Crippen LogP contribution in [0.3, 0.4) is 0 Å². The van der Waals surface area contributed by atoms with E-state index in [-0.39, 0.29) is 35.6 Å². The number of ether oxygens (including phenoxy) is 1. The van der Waals surface area contributed by atoms with Crippen LogP contribution in [-0.4, -0.2) is 42.1 Å². The van der Waals surface area contributed by atoms with Crippen LogP contribution >= 0.6 is 0 Å². The van der Waals surface area contributed by atoms with E-state index in [1.54, 1.807) is 13.8 Å². The summed E-state index contributed by atoms with van der Waals surface area (Å²) in [6, 6.07) is -0.0215. The van der Waals surface area contributed by atoms with E-state index in [9.17, 15) is 14.4 Å². The number of anilines is 1. The summed E-state index contributed by atoms with van der Waals surface area (Å²) in [4.78, 5) is 34.4. The number of aryl methyl sites for hydroxylation is 1. The second-order valence-corrected chi connectivity index (χ2v) is 4.58. The lowest BCUT2D eigenvalue weighted by molar-refractivity contribution is -0.128. The lowest BCUT2D eigenvalue weighted by Gasteiger charge is -2.09. The highest BCUT2D eigenvalue weighted by atomic mass is 16.5. The Morgan fingerprint density at radius 3 is 2.52 bits per heavy atom. The number of nitrogen functional groups attached to an aromatic ring is 1. The molecule has 0 radical (unpaired) electrons. The highest BCUT2D eigenvalue weighted by Crippen LogP contribution is 2.16. The van der Waals surface area contributed by atoms with Crippen LogP contribution < -0.4 is 16.4 Å². The molecule has 0 aliphatic heterocycles. The third kappa shape index (κ3) is 5.13. The Balaban J connectivity index is 2.37. The smallest absolute Gasteiger partial charge is 0.346 e. The van der Waals surface area contributed by atoms with Crippen molar-refractivity contribution in [3.8, 4) is 0 Å². The number of hydrogen-bond acceptors (Lipinski definition) is 7. The number of esters is 1. The lowest BCUT2D eigenvalue weighted by Crippen LogP contribution is -2.41. The summed E-state index contributed by atoms with van der Waals surface area (Å²) in [6.07, 6.45) is 0. The minimum atomic E-state index is -0.812. The van der Waals surface area contributed by atoms with Crippen molar-refractivity contribution in [3.63, 3.8) is 0 Å². The van der Waals surface area contributed by atoms with Gasteiger partial charge in [-0.05, 0) is 20.8 Å². The normalized spacial score (nSPS) is 10.3. The summed E-state index contributed by atoms with van der Waals surface area (Å²) in [5, 5.41) is 8.42. The second kappa shape index (κ2) is 7.27. The Morgan fingerprint density at radius 1 is 1.33 bits per heavy atom. The maximum absolute atomic E-state index is 11.7. The van der Waals surface area contributed by atoms with Crippen molar-refractivity contribution in [2.45, 2.75) is 26.8 Å². The summed E-state index contributed by atoms with van der Waals surface area (Å²) < 4.78 is 9.37. The van der Waals surface area contributed by atoms with Crippen LogP contribution in [0.15, 0.2) is 4.52 Å². The van der Waals surface area contributed by atoms with E-state index in [1.165, 1.54) is 6.92 Å². The largest absolute Gasteiger partial charge is 0.452 e. The number of nitrogens with one attached hydrogen (secondary N) is 2. The number of carbonyl (C=O) groups is 3. The molecular weight excluding hydrogens is 280 g/mol. The molecule has 0 atom stereocenters. The Hall–Kier alpha value is -2.58. The minimum Gasteiger partial charge on any atom is -0.452 e. The quantitative estimate of drug-likeness (QED) is 0.594. The molecule has 9 heteroatoms. The fourth-order valence-electron chi connectivity index (χ4n) is 1.44. The van der Waals surface area contributed by atoms with Crippen LogP contribution in [0.5, 0.6) is 0 Å². The maximum atomic E-state index is 11.7. The third-order valence-electron chi connectivity index (χ3n) is 2.32. The average molecular weight is 298 g/mol. The van der Waals surface area contributed by atoms with Crippen LogP contribution in [0.1, 0.15) is 29.9 Å². The van der Waals surface area contributed by atoms with Gasteiger partial charge in [0.1, 0.15) is 5.56 Å². The average Bonchev–Trinajstić information content (AvgIpc) is 2.72. The second-order valence-electron chi connectivity index (χ2n) is 4.58. The van der Waals surface area contributed by atoms with Crippen molar-refractivity contribution >= 4 is 23.7 Å². The van der Waals surface area contributed by atoms with E-state index in [2.05, 4.69) is 20.3 Å². The van der Waals surface area contributed by atoms with Gasteiger partial charge in [0.05, 0.1) is 12.2 Å². The highest BCUT2D eigenvalue weighted by molar-refractivity contribution is 5.96. The minimum absolute atomic E-state index is 0.0136. The van der Waals surface area contributed by atoms with Gasteiger partial charge in [0, 0.05) is 6.04 Å². The number of rotatable bonds is 6. The van der Waals surface area contributed by atoms with Gasteiger partial charge in [0.15, 0.2) is 6.61 Å². The fourth-order valence-corrected chi connectivity index (χ4v) is 1.44. The van der Waals surface area contributed by atoms with Gasteiger partial charge < -0.3 is 25.6 Å². The molecule has 116 valence electrons. The first-order chi connectivity index (χ1) is 9.81. The van der Waals surface area contributed by atoms with Gasteiger partial charge in [-0.15, -0.1) is 0 Å². The van der Waals surface area contributed by atoms with Crippen molar-refractivity contribution in [1.82, 2.24) is 15.8 Å². The summed E-state index contributed by atoms with van der Waals surface area (Å²) in [5.74, 6) is -1.92. The van der Waals surface area contributed by atoms with Gasteiger partial charge in [-0.2, -0.15) is 0 Å². The van der Waals surface area contributed by atoms with Gasteiger partial charge in [-0.25, -0.2) is 4.79 Å². The molecule has 0 bridgehead atoms. The first kappa shape index (κ1) is 16.5. The zero-order chi connectivity index (χ0) is 16.0. The number of hydrogen-bond donors (Lipinski definition) is 3. The van der Waals surface area contributed by atoms with Crippen LogP contribution in [0.4, 0.5) is 5.88 Å². The SMILES string of the molecule is Cc1noc(N)c1C(=O)OCC(=O)NCC(=O)NC(C)C. The summed E-state index contributed by atoms with van der Waals surface area (Å²) in [6.45, 7) is 4.40. The van der Waals surface area contributed by atoms with Gasteiger partial charge >= 0.3 is 5.97 Å². The van der Waals surface area contributed by atoms with E-state index in [4.69, 9.17) is 10.5 Å². The molecular formula is C12H18N4O5. The zero-order valence-corrected chi connectivity index (χ0v) is 12.1. The number of nitrogens with two attached hydrogens (primary N) is 1. The van der Waals surface area contributed by atoms with Gasteiger partial charge in [-0.1, -0.05) is 5.16 Å². The number of nitrogens with zero attached hydrogens (tertiary/aromatic N) is 1. The number of carbonyl (C=O) groups excluding carboxylic acids is 3. The Bertz CT molecular complexity index is 518. The number of amides is 2. The van der Waals surface area contributed by atoms with E-state index < -0.39 is 18.5 Å². The molecule has 0 fully saturated rings.